The summed E-state index contributed by atoms with van der Waals surface area (Å²) in [6.07, 6.45) is 1.27. The minimum Gasteiger partial charge on any atom is -0.380 e. The maximum Gasteiger partial charge on any atom is 0.225 e. The fourth-order valence-corrected chi connectivity index (χ4v) is 3.02. The van der Waals surface area contributed by atoms with Crippen LogP contribution in [0, 0.1) is 0 Å². The van der Waals surface area contributed by atoms with Crippen molar-refractivity contribution in [3.8, 4) is 0 Å². The molecule has 0 atom stereocenters. The molecule has 39 heavy (non-hydrogen) atoms. The van der Waals surface area contributed by atoms with Gasteiger partial charge in [-0.2, -0.15) is 0 Å². The zero-order valence-electron chi connectivity index (χ0n) is 23.8. The molecule has 0 heterocycles. The molecule has 3 amide bonds. The van der Waals surface area contributed by atoms with Crippen LogP contribution in [-0.4, -0.2) is 126 Å². The monoisotopic (exact) mass is 561 g/mol. The van der Waals surface area contributed by atoms with Crippen molar-refractivity contribution < 1.29 is 47.7 Å². The van der Waals surface area contributed by atoms with Crippen LogP contribution in [0.1, 0.15) is 46.5 Å². The molecule has 0 aromatic rings. The van der Waals surface area contributed by atoms with Gasteiger partial charge in [0.2, 0.25) is 17.7 Å². The Balaban J connectivity index is 3.48. The van der Waals surface area contributed by atoms with Crippen molar-refractivity contribution in [2.75, 3.05) is 92.2 Å². The van der Waals surface area contributed by atoms with Crippen LogP contribution in [0.5, 0.6) is 0 Å². The number of rotatable bonds is 27. The second kappa shape index (κ2) is 25.8. The lowest BCUT2D eigenvalue weighted by molar-refractivity contribution is -0.138. The van der Waals surface area contributed by atoms with Gasteiger partial charge in [0.1, 0.15) is 11.6 Å². The largest absolute Gasteiger partial charge is 0.380 e. The van der Waals surface area contributed by atoms with E-state index in [2.05, 4.69) is 10.6 Å². The first kappa shape index (κ1) is 36.5. The fraction of sp³-hybridized carbons (Fsp3) is 0.808. The number of hydrogen-bond acceptors (Lipinski definition) is 10. The highest BCUT2D eigenvalue weighted by atomic mass is 16.6. The number of amides is 3. The molecule has 0 saturated carbocycles. The molecule has 13 nitrogen and oxygen atoms in total. The van der Waals surface area contributed by atoms with E-state index in [0.717, 1.165) is 6.42 Å². The Morgan fingerprint density at radius 1 is 0.538 bits per heavy atom. The van der Waals surface area contributed by atoms with Gasteiger partial charge >= 0.3 is 0 Å². The van der Waals surface area contributed by atoms with Crippen molar-refractivity contribution in [1.82, 2.24) is 15.5 Å². The van der Waals surface area contributed by atoms with E-state index in [-0.39, 0.29) is 68.2 Å². The molecule has 0 fully saturated rings. The Bertz CT molecular complexity index is 689. The summed E-state index contributed by atoms with van der Waals surface area (Å²) in [4.78, 5) is 59.2. The number of carbonyl (C=O) groups excluding carboxylic acids is 5. The number of ketones is 2. The summed E-state index contributed by atoms with van der Waals surface area (Å²) >= 11 is 0. The summed E-state index contributed by atoms with van der Waals surface area (Å²) < 4.78 is 26.8. The van der Waals surface area contributed by atoms with Gasteiger partial charge in [0, 0.05) is 32.5 Å². The molecule has 0 spiro atoms. The molecule has 0 aliphatic rings. The third-order valence-corrected chi connectivity index (χ3v) is 4.82. The smallest absolute Gasteiger partial charge is 0.225 e. The van der Waals surface area contributed by atoms with Crippen molar-refractivity contribution in [1.29, 1.82) is 0 Å². The summed E-state index contributed by atoms with van der Waals surface area (Å²) in [5, 5.41) is 5.40. The lowest BCUT2D eigenvalue weighted by atomic mass is 10.3. The standard InChI is InChI=1S/C26H47N3O10/c1-4-10-35-12-8-27-24(32)5-6-25(33)28-9-13-37-15-17-39-19-18-38-16-14-36-11-7-26(34)29(20-22(2)30)21-23(3)31/h4-21H2,1-3H3,(H,27,32)(H,28,33). The molecule has 0 saturated heterocycles. The maximum absolute atomic E-state index is 12.1. The predicted octanol–water partition coefficient (Wildman–Crippen LogP) is -0.111. The van der Waals surface area contributed by atoms with E-state index >= 15 is 0 Å². The van der Waals surface area contributed by atoms with Crippen molar-refractivity contribution in [3.63, 3.8) is 0 Å². The average Bonchev–Trinajstić information content (AvgIpc) is 2.88. The topological polar surface area (TPSA) is 159 Å². The van der Waals surface area contributed by atoms with E-state index in [1.54, 1.807) is 0 Å². The summed E-state index contributed by atoms with van der Waals surface area (Å²) in [6, 6.07) is 0. The minimum absolute atomic E-state index is 0.0825. The third kappa shape index (κ3) is 25.6. The Labute approximate surface area is 231 Å². The molecule has 0 bridgehead atoms. The molecule has 0 rings (SSSR count). The molecule has 2 N–H and O–H groups in total. The van der Waals surface area contributed by atoms with Gasteiger partial charge in [-0.05, 0) is 20.3 Å². The summed E-state index contributed by atoms with van der Waals surface area (Å²) in [5.41, 5.74) is 0. The van der Waals surface area contributed by atoms with Crippen LogP contribution in [-0.2, 0) is 47.7 Å². The second-order valence-electron chi connectivity index (χ2n) is 8.67. The zero-order chi connectivity index (χ0) is 29.1. The molecule has 13 heteroatoms. The van der Waals surface area contributed by atoms with Gasteiger partial charge in [0.05, 0.1) is 79.0 Å². The van der Waals surface area contributed by atoms with E-state index in [0.29, 0.717) is 72.6 Å². The highest BCUT2D eigenvalue weighted by molar-refractivity contribution is 5.89. The lowest BCUT2D eigenvalue weighted by Crippen LogP contribution is -2.38. The maximum atomic E-state index is 12.1. The third-order valence-electron chi connectivity index (χ3n) is 4.82. The molecule has 0 aromatic carbocycles. The van der Waals surface area contributed by atoms with Crippen LogP contribution in [0.15, 0.2) is 0 Å². The van der Waals surface area contributed by atoms with Crippen LogP contribution in [0.25, 0.3) is 0 Å². The summed E-state index contributed by atoms with van der Waals surface area (Å²) in [6.45, 7) is 9.20. The van der Waals surface area contributed by atoms with E-state index < -0.39 is 0 Å². The number of ether oxygens (including phenoxy) is 5. The van der Waals surface area contributed by atoms with Crippen molar-refractivity contribution in [2.45, 2.75) is 46.5 Å². The van der Waals surface area contributed by atoms with E-state index in [1.807, 2.05) is 6.92 Å². The van der Waals surface area contributed by atoms with Gasteiger partial charge in [-0.3, -0.25) is 24.0 Å². The SMILES string of the molecule is CCCOCCNC(=O)CCC(=O)NCCOCCOCCOCCOCCC(=O)N(CC(C)=O)CC(C)=O. The van der Waals surface area contributed by atoms with Crippen molar-refractivity contribution in [3.05, 3.63) is 0 Å². The first-order chi connectivity index (χ1) is 18.8. The molecule has 0 radical (unpaired) electrons. The average molecular weight is 562 g/mol. The molecular formula is C26H47N3O10. The first-order valence-electron chi connectivity index (χ1n) is 13.4. The predicted molar refractivity (Wildman–Crippen MR) is 142 cm³/mol. The Hall–Kier alpha value is -2.45. The highest BCUT2D eigenvalue weighted by Gasteiger charge is 2.16. The normalized spacial score (nSPS) is 10.7. The number of hydrogen-bond donors (Lipinski definition) is 2. The first-order valence-corrected chi connectivity index (χ1v) is 13.4. The fourth-order valence-electron chi connectivity index (χ4n) is 3.02. The Morgan fingerprint density at radius 2 is 0.923 bits per heavy atom. The summed E-state index contributed by atoms with van der Waals surface area (Å²) in [5.74, 6) is -1.06. The second-order valence-corrected chi connectivity index (χ2v) is 8.67. The Kier molecular flexibility index (Phi) is 24.2. The van der Waals surface area contributed by atoms with Crippen molar-refractivity contribution in [2.24, 2.45) is 0 Å². The zero-order valence-corrected chi connectivity index (χ0v) is 23.8. The molecule has 0 aromatic heterocycles. The molecular weight excluding hydrogens is 514 g/mol. The number of carbonyl (C=O) groups is 5. The number of nitrogens with zero attached hydrogens (tertiary/aromatic N) is 1. The lowest BCUT2D eigenvalue weighted by Gasteiger charge is -2.19. The van der Waals surface area contributed by atoms with E-state index in [9.17, 15) is 24.0 Å². The van der Waals surface area contributed by atoms with Gasteiger partial charge < -0.3 is 39.2 Å². The van der Waals surface area contributed by atoms with Crippen LogP contribution >= 0.6 is 0 Å². The highest BCUT2D eigenvalue weighted by Crippen LogP contribution is 1.97. The Morgan fingerprint density at radius 3 is 1.33 bits per heavy atom. The van der Waals surface area contributed by atoms with Gasteiger partial charge in [-0.15, -0.1) is 0 Å². The van der Waals surface area contributed by atoms with Crippen LogP contribution < -0.4 is 10.6 Å². The molecule has 0 aliphatic carbocycles. The van der Waals surface area contributed by atoms with Crippen LogP contribution in [0.4, 0.5) is 0 Å². The van der Waals surface area contributed by atoms with Crippen LogP contribution in [0.2, 0.25) is 0 Å². The molecule has 226 valence electrons. The quantitative estimate of drug-likeness (QED) is 0.130. The number of Topliss-reactive ketones (excluding diaryl/α,β-unsaturated/α-hetero) is 2. The van der Waals surface area contributed by atoms with Gasteiger partial charge in [-0.25, -0.2) is 0 Å². The van der Waals surface area contributed by atoms with Crippen LogP contribution in [0.3, 0.4) is 0 Å². The van der Waals surface area contributed by atoms with Crippen molar-refractivity contribution >= 4 is 29.3 Å². The van der Waals surface area contributed by atoms with Gasteiger partial charge in [0.25, 0.3) is 0 Å². The van der Waals surface area contributed by atoms with E-state index in [1.165, 1.54) is 18.7 Å². The summed E-state index contributed by atoms with van der Waals surface area (Å²) in [7, 11) is 0. The molecule has 0 unspecified atom stereocenters. The van der Waals surface area contributed by atoms with E-state index in [4.69, 9.17) is 23.7 Å². The van der Waals surface area contributed by atoms with Gasteiger partial charge in [0.15, 0.2) is 0 Å². The van der Waals surface area contributed by atoms with Gasteiger partial charge in [-0.1, -0.05) is 6.92 Å². The molecule has 0 aliphatic heterocycles. The minimum atomic E-state index is -0.302. The number of nitrogens with one attached hydrogen (secondary N) is 2.